The van der Waals surface area contributed by atoms with Gasteiger partial charge in [-0.25, -0.2) is 9.18 Å². The molecule has 0 radical (unpaired) electrons. The topological polar surface area (TPSA) is 103 Å². The van der Waals surface area contributed by atoms with Crippen molar-refractivity contribution in [3.05, 3.63) is 35.0 Å². The molecule has 1 atom stereocenters. The number of nitrogens with zero attached hydrogens (tertiary/aromatic N) is 5. The van der Waals surface area contributed by atoms with Crippen LogP contribution in [0.2, 0.25) is 0 Å². The van der Waals surface area contributed by atoms with Crippen LogP contribution in [0, 0.1) is 5.92 Å². The first-order valence-electron chi connectivity index (χ1n) is 17.8. The molecule has 4 heterocycles. The van der Waals surface area contributed by atoms with Crippen LogP contribution in [0.4, 0.5) is 22.4 Å². The van der Waals surface area contributed by atoms with Gasteiger partial charge in [-0.1, -0.05) is 26.3 Å². The molecule has 0 saturated carbocycles. The number of alkyl halides is 4. The zero-order valence-corrected chi connectivity index (χ0v) is 29.8. The van der Waals surface area contributed by atoms with Gasteiger partial charge in [-0.3, -0.25) is 9.48 Å². The Hall–Kier alpha value is -2.88. The van der Waals surface area contributed by atoms with E-state index in [2.05, 4.69) is 15.1 Å². The summed E-state index contributed by atoms with van der Waals surface area (Å²) < 4.78 is 63.0. The third kappa shape index (κ3) is 10.6. The van der Waals surface area contributed by atoms with Crippen LogP contribution in [0.5, 0.6) is 0 Å². The smallest absolute Gasteiger partial charge is 0.417 e. The number of rotatable bonds is 13. The van der Waals surface area contributed by atoms with Gasteiger partial charge >= 0.3 is 12.3 Å². The largest absolute Gasteiger partial charge is 0.449 e. The van der Waals surface area contributed by atoms with Crippen LogP contribution >= 0.6 is 11.8 Å². The van der Waals surface area contributed by atoms with E-state index in [1.165, 1.54) is 18.6 Å². The summed E-state index contributed by atoms with van der Waals surface area (Å²) >= 11 is 1.12. The Morgan fingerprint density at radius 1 is 1.06 bits per heavy atom. The van der Waals surface area contributed by atoms with Crippen molar-refractivity contribution in [2.75, 3.05) is 64.7 Å². The first-order chi connectivity index (χ1) is 23.9. The van der Waals surface area contributed by atoms with Gasteiger partial charge in [0.25, 0.3) is 0 Å². The van der Waals surface area contributed by atoms with Gasteiger partial charge in [0.1, 0.15) is 12.7 Å². The summed E-state index contributed by atoms with van der Waals surface area (Å²) in [6.45, 7) is 8.59. The molecule has 1 aromatic carbocycles. The van der Waals surface area contributed by atoms with Crippen LogP contribution in [0.15, 0.2) is 23.1 Å². The first-order valence-corrected chi connectivity index (χ1v) is 18.7. The molecular formula is C35H50F4N6O4S. The van der Waals surface area contributed by atoms with Crippen LogP contribution in [-0.2, 0) is 35.2 Å². The second kappa shape index (κ2) is 17.6. The molecule has 1 aromatic heterocycles. The van der Waals surface area contributed by atoms with Crippen molar-refractivity contribution in [3.8, 4) is 11.3 Å². The summed E-state index contributed by atoms with van der Waals surface area (Å²) in [6.07, 6.45) is -2.10. The molecule has 0 bridgehead atoms. The van der Waals surface area contributed by atoms with Gasteiger partial charge in [0.15, 0.2) is 0 Å². The summed E-state index contributed by atoms with van der Waals surface area (Å²) in [5, 5.41) is 18.5. The van der Waals surface area contributed by atoms with Crippen LogP contribution in [-0.4, -0.2) is 119 Å². The maximum Gasteiger partial charge on any atom is 0.417 e. The van der Waals surface area contributed by atoms with E-state index in [4.69, 9.17) is 9.84 Å². The fourth-order valence-electron chi connectivity index (χ4n) is 6.77. The lowest BCUT2D eigenvalue weighted by Crippen LogP contribution is -2.43. The summed E-state index contributed by atoms with van der Waals surface area (Å²) in [6, 6.07) is 4.02. The van der Waals surface area contributed by atoms with Crippen LogP contribution in [0.25, 0.3) is 11.3 Å². The van der Waals surface area contributed by atoms with E-state index in [1.54, 1.807) is 9.58 Å². The lowest BCUT2D eigenvalue weighted by molar-refractivity contribution is -0.139. The Bertz CT molecular complexity index is 1440. The first kappa shape index (κ1) is 38.4. The summed E-state index contributed by atoms with van der Waals surface area (Å²) in [5.41, 5.74) is 1.76. The van der Waals surface area contributed by atoms with E-state index in [-0.39, 0.29) is 43.0 Å². The lowest BCUT2D eigenvalue weighted by Gasteiger charge is -2.30. The maximum atomic E-state index is 14.2. The predicted molar refractivity (Wildman–Crippen MR) is 184 cm³/mol. The number of aliphatic hydroxyl groups excluding tert-OH is 1. The number of alkyl carbamates (subject to hydrolysis) is 1. The molecule has 2 fully saturated rings. The summed E-state index contributed by atoms with van der Waals surface area (Å²) in [4.78, 5) is 31.3. The SMILES string of the molecule is CC(C)COC(=O)NCC(=O)N1CCc2c(c(-c3ccc(C(F)(F)F)c(SCCN4CCC(F)CC4)c3)nn2CC(O)CN2CCCCC2)C1. The number of carbonyl (C=O) groups excluding carboxylic acids is 2. The second-order valence-corrected chi connectivity index (χ2v) is 15.1. The third-order valence-corrected chi connectivity index (χ3v) is 10.5. The molecule has 15 heteroatoms. The number of nitrogens with one attached hydrogen (secondary N) is 1. The number of thioether (sulfide) groups is 1. The van der Waals surface area contributed by atoms with E-state index in [9.17, 15) is 32.3 Å². The molecule has 3 aliphatic rings. The zero-order valence-electron chi connectivity index (χ0n) is 29.0. The molecule has 2 amide bonds. The van der Waals surface area contributed by atoms with Crippen molar-refractivity contribution in [3.63, 3.8) is 0 Å². The number of halogens is 4. The number of benzene rings is 1. The van der Waals surface area contributed by atoms with Gasteiger partial charge in [0, 0.05) is 73.2 Å². The minimum atomic E-state index is -4.56. The van der Waals surface area contributed by atoms with E-state index in [1.807, 2.05) is 13.8 Å². The van der Waals surface area contributed by atoms with E-state index < -0.39 is 30.1 Å². The van der Waals surface area contributed by atoms with Crippen LogP contribution < -0.4 is 5.32 Å². The number of likely N-dealkylation sites (tertiary alicyclic amines) is 2. The molecular weight excluding hydrogens is 676 g/mol. The molecule has 2 N–H and O–H groups in total. The Labute approximate surface area is 295 Å². The van der Waals surface area contributed by atoms with Gasteiger partial charge in [-0.15, -0.1) is 11.8 Å². The average Bonchev–Trinajstić information content (AvgIpc) is 3.44. The lowest BCUT2D eigenvalue weighted by atomic mass is 9.99. The maximum absolute atomic E-state index is 14.2. The van der Waals surface area contributed by atoms with E-state index >= 15 is 0 Å². The normalized spacial score (nSPS) is 18.7. The minimum Gasteiger partial charge on any atom is -0.449 e. The van der Waals surface area contributed by atoms with Crippen molar-refractivity contribution in [2.24, 2.45) is 5.92 Å². The Kier molecular flexibility index (Phi) is 13.5. The molecule has 0 aliphatic carbocycles. The highest BCUT2D eigenvalue weighted by Gasteiger charge is 2.35. The van der Waals surface area contributed by atoms with Crippen molar-refractivity contribution >= 4 is 23.8 Å². The second-order valence-electron chi connectivity index (χ2n) is 14.0. The number of aliphatic hydroxyl groups is 1. The molecule has 1 unspecified atom stereocenters. The zero-order chi connectivity index (χ0) is 35.8. The standard InChI is InChI=1S/C35H50F4N6O4S/c1-24(2)23-49-34(48)40-19-32(47)44-15-10-30-28(22-44)33(41-45(30)21-27(46)20-43-11-4-3-5-12-43)25-6-7-29(35(37,38)39)31(18-25)50-17-16-42-13-8-26(36)9-14-42/h6-7,18,24,26-27,46H,3-5,8-17,19-23H2,1-2H3,(H,40,48). The number of aromatic nitrogens is 2. The van der Waals surface area contributed by atoms with Crippen LogP contribution in [0.1, 0.15) is 62.8 Å². The molecule has 3 aliphatic heterocycles. The van der Waals surface area contributed by atoms with Gasteiger partial charge in [0.2, 0.25) is 5.91 Å². The highest BCUT2D eigenvalue weighted by molar-refractivity contribution is 7.99. The fraction of sp³-hybridized carbons (Fsp3) is 0.686. The number of hydrogen-bond acceptors (Lipinski definition) is 8. The molecule has 10 nitrogen and oxygen atoms in total. The number of piperidine rings is 2. The van der Waals surface area contributed by atoms with E-state index in [0.29, 0.717) is 74.6 Å². The number of fused-ring (bicyclic) bond motifs is 1. The molecule has 5 rings (SSSR count). The summed E-state index contributed by atoms with van der Waals surface area (Å²) in [5.74, 6) is 0.240. The molecule has 0 spiro atoms. The van der Waals surface area contributed by atoms with E-state index in [0.717, 1.165) is 49.5 Å². The average molecular weight is 727 g/mol. The highest BCUT2D eigenvalue weighted by atomic mass is 32.2. The highest BCUT2D eigenvalue weighted by Crippen LogP contribution is 2.40. The number of ether oxygens (including phenoxy) is 1. The number of β-amino-alcohol motifs (C(OH)–C–C–N with tert-alkyl or cyclic N) is 1. The minimum absolute atomic E-state index is 0.0802. The monoisotopic (exact) mass is 726 g/mol. The molecule has 2 saturated heterocycles. The summed E-state index contributed by atoms with van der Waals surface area (Å²) in [7, 11) is 0. The Morgan fingerprint density at radius 2 is 1.80 bits per heavy atom. The third-order valence-electron chi connectivity index (χ3n) is 9.46. The number of carbonyl (C=O) groups is 2. The van der Waals surface area contributed by atoms with Gasteiger partial charge in [-0.05, 0) is 56.8 Å². The van der Waals surface area contributed by atoms with Crippen molar-refractivity contribution in [1.29, 1.82) is 0 Å². The number of hydrogen-bond donors (Lipinski definition) is 2. The Balaban J connectivity index is 1.38. The van der Waals surface area contributed by atoms with Crippen molar-refractivity contribution < 1.29 is 37.0 Å². The quantitative estimate of drug-likeness (QED) is 0.215. The number of amides is 2. The Morgan fingerprint density at radius 3 is 2.50 bits per heavy atom. The molecule has 50 heavy (non-hydrogen) atoms. The fourth-order valence-corrected chi connectivity index (χ4v) is 7.89. The molecule has 2 aromatic rings. The van der Waals surface area contributed by atoms with Gasteiger partial charge in [0.05, 0.1) is 30.5 Å². The predicted octanol–water partition coefficient (Wildman–Crippen LogP) is 5.21. The van der Waals surface area contributed by atoms with Gasteiger partial charge in [-0.2, -0.15) is 18.3 Å². The van der Waals surface area contributed by atoms with Crippen molar-refractivity contribution in [2.45, 2.75) is 88.8 Å². The van der Waals surface area contributed by atoms with Crippen LogP contribution in [0.3, 0.4) is 0 Å². The van der Waals surface area contributed by atoms with Gasteiger partial charge < -0.3 is 29.9 Å². The van der Waals surface area contributed by atoms with Crippen molar-refractivity contribution in [1.82, 2.24) is 29.8 Å². The molecule has 278 valence electrons.